The minimum absolute atomic E-state index is 0.178. The number of sulfonamides is 1. The van der Waals surface area contributed by atoms with Gasteiger partial charge in [-0.05, 0) is 31.5 Å². The second kappa shape index (κ2) is 4.93. The first-order chi connectivity index (χ1) is 8.94. The SMILES string of the molecule is CCn1cc(NS(=O)(=O)c2cccc(N)c2C)cn1. The van der Waals surface area contributed by atoms with Crippen LogP contribution in [0.1, 0.15) is 12.5 Å². The number of nitrogens with two attached hydrogens (primary N) is 1. The normalized spacial score (nSPS) is 11.5. The summed E-state index contributed by atoms with van der Waals surface area (Å²) in [5.41, 5.74) is 7.15. The van der Waals surface area contributed by atoms with E-state index < -0.39 is 10.0 Å². The van der Waals surface area contributed by atoms with E-state index in [2.05, 4.69) is 9.82 Å². The van der Waals surface area contributed by atoms with Gasteiger partial charge >= 0.3 is 0 Å². The van der Waals surface area contributed by atoms with E-state index in [1.165, 1.54) is 12.3 Å². The molecule has 2 aromatic rings. The number of aromatic nitrogens is 2. The van der Waals surface area contributed by atoms with Crippen LogP contribution in [0.3, 0.4) is 0 Å². The molecular formula is C12H16N4O2S. The van der Waals surface area contributed by atoms with Crippen LogP contribution in [0.4, 0.5) is 11.4 Å². The molecule has 19 heavy (non-hydrogen) atoms. The monoisotopic (exact) mass is 280 g/mol. The summed E-state index contributed by atoms with van der Waals surface area (Å²) in [6.45, 7) is 4.28. The highest BCUT2D eigenvalue weighted by Crippen LogP contribution is 2.22. The molecule has 0 fully saturated rings. The molecule has 0 bridgehead atoms. The average molecular weight is 280 g/mol. The number of anilines is 2. The van der Waals surface area contributed by atoms with Gasteiger partial charge < -0.3 is 5.73 Å². The van der Waals surface area contributed by atoms with Crippen molar-refractivity contribution in [2.45, 2.75) is 25.3 Å². The van der Waals surface area contributed by atoms with E-state index >= 15 is 0 Å². The molecule has 0 aliphatic heterocycles. The predicted molar refractivity (Wildman–Crippen MR) is 74.3 cm³/mol. The van der Waals surface area contributed by atoms with Gasteiger partial charge in [-0.25, -0.2) is 8.42 Å². The first-order valence-electron chi connectivity index (χ1n) is 5.84. The number of nitrogens with one attached hydrogen (secondary N) is 1. The van der Waals surface area contributed by atoms with Crippen LogP contribution in [-0.2, 0) is 16.6 Å². The van der Waals surface area contributed by atoms with Crippen LogP contribution in [0.2, 0.25) is 0 Å². The van der Waals surface area contributed by atoms with Crippen molar-refractivity contribution in [2.75, 3.05) is 10.5 Å². The number of hydrogen-bond acceptors (Lipinski definition) is 4. The number of benzene rings is 1. The third kappa shape index (κ3) is 2.70. The zero-order valence-electron chi connectivity index (χ0n) is 10.8. The van der Waals surface area contributed by atoms with Crippen molar-refractivity contribution in [3.05, 3.63) is 36.2 Å². The second-order valence-electron chi connectivity index (χ2n) is 4.16. The first kappa shape index (κ1) is 13.4. The van der Waals surface area contributed by atoms with Crippen molar-refractivity contribution < 1.29 is 8.42 Å². The van der Waals surface area contributed by atoms with Gasteiger partial charge in [0, 0.05) is 18.4 Å². The van der Waals surface area contributed by atoms with Crippen molar-refractivity contribution in [3.8, 4) is 0 Å². The highest BCUT2D eigenvalue weighted by Gasteiger charge is 2.18. The Kier molecular flexibility index (Phi) is 3.48. The summed E-state index contributed by atoms with van der Waals surface area (Å²) in [6.07, 6.45) is 3.11. The molecule has 0 aliphatic carbocycles. The van der Waals surface area contributed by atoms with Crippen molar-refractivity contribution in [1.82, 2.24) is 9.78 Å². The van der Waals surface area contributed by atoms with Crippen LogP contribution < -0.4 is 10.5 Å². The molecule has 0 atom stereocenters. The summed E-state index contributed by atoms with van der Waals surface area (Å²) in [4.78, 5) is 0.178. The average Bonchev–Trinajstić information content (AvgIpc) is 2.79. The fourth-order valence-corrected chi connectivity index (χ4v) is 3.03. The van der Waals surface area contributed by atoms with Crippen molar-refractivity contribution >= 4 is 21.4 Å². The molecule has 3 N–H and O–H groups in total. The molecule has 1 aromatic heterocycles. The van der Waals surface area contributed by atoms with Crippen LogP contribution in [-0.4, -0.2) is 18.2 Å². The number of rotatable bonds is 4. The Bertz CT molecular complexity index is 692. The summed E-state index contributed by atoms with van der Waals surface area (Å²) in [5.74, 6) is 0. The third-order valence-electron chi connectivity index (χ3n) is 2.82. The topological polar surface area (TPSA) is 90.0 Å². The molecule has 1 heterocycles. The molecule has 0 amide bonds. The van der Waals surface area contributed by atoms with Crippen LogP contribution >= 0.6 is 0 Å². The van der Waals surface area contributed by atoms with E-state index in [1.54, 1.807) is 29.9 Å². The Morgan fingerprint density at radius 2 is 2.16 bits per heavy atom. The summed E-state index contributed by atoms with van der Waals surface area (Å²) in [7, 11) is -3.64. The van der Waals surface area contributed by atoms with Gasteiger partial charge in [-0.15, -0.1) is 0 Å². The van der Waals surface area contributed by atoms with Gasteiger partial charge in [-0.2, -0.15) is 5.10 Å². The minimum atomic E-state index is -3.64. The summed E-state index contributed by atoms with van der Waals surface area (Å²) >= 11 is 0. The highest BCUT2D eigenvalue weighted by atomic mass is 32.2. The summed E-state index contributed by atoms with van der Waals surface area (Å²) in [5, 5.41) is 4.02. The molecule has 0 unspecified atom stereocenters. The number of nitrogens with zero attached hydrogens (tertiary/aromatic N) is 2. The standard InChI is InChI=1S/C12H16N4O2S/c1-3-16-8-10(7-14-16)15-19(17,18)12-6-4-5-11(13)9(12)2/h4-8,15H,3,13H2,1-2H3. The maximum Gasteiger partial charge on any atom is 0.262 e. The lowest BCUT2D eigenvalue weighted by atomic mass is 10.2. The van der Waals surface area contributed by atoms with Crippen LogP contribution in [0.25, 0.3) is 0 Å². The van der Waals surface area contributed by atoms with Crippen molar-refractivity contribution in [2.24, 2.45) is 0 Å². The fourth-order valence-electron chi connectivity index (χ4n) is 1.72. The van der Waals surface area contributed by atoms with Gasteiger partial charge in [0.25, 0.3) is 10.0 Å². The van der Waals surface area contributed by atoms with Gasteiger partial charge in [0.05, 0.1) is 16.8 Å². The Balaban J connectivity index is 2.35. The molecular weight excluding hydrogens is 264 g/mol. The first-order valence-corrected chi connectivity index (χ1v) is 7.32. The zero-order chi connectivity index (χ0) is 14.0. The number of nitrogen functional groups attached to an aromatic ring is 1. The van der Waals surface area contributed by atoms with Crippen molar-refractivity contribution in [1.29, 1.82) is 0 Å². The Hall–Kier alpha value is -2.02. The minimum Gasteiger partial charge on any atom is -0.398 e. The van der Waals surface area contributed by atoms with E-state index in [-0.39, 0.29) is 4.90 Å². The van der Waals surface area contributed by atoms with E-state index in [4.69, 9.17) is 5.73 Å². The smallest absolute Gasteiger partial charge is 0.262 e. The lowest BCUT2D eigenvalue weighted by molar-refractivity contribution is 0.600. The van der Waals surface area contributed by atoms with Gasteiger partial charge in [0.15, 0.2) is 0 Å². The number of aryl methyl sites for hydroxylation is 1. The molecule has 7 heteroatoms. The maximum atomic E-state index is 12.3. The van der Waals surface area contributed by atoms with Crippen molar-refractivity contribution in [3.63, 3.8) is 0 Å². The van der Waals surface area contributed by atoms with E-state index in [0.717, 1.165) is 0 Å². The summed E-state index contributed by atoms with van der Waals surface area (Å²) < 4.78 is 28.7. The molecule has 102 valence electrons. The van der Waals surface area contributed by atoms with E-state index in [0.29, 0.717) is 23.5 Å². The lowest BCUT2D eigenvalue weighted by Crippen LogP contribution is -2.14. The lowest BCUT2D eigenvalue weighted by Gasteiger charge is -2.10. The Morgan fingerprint density at radius 1 is 1.42 bits per heavy atom. The van der Waals surface area contributed by atoms with E-state index in [9.17, 15) is 8.42 Å². The van der Waals surface area contributed by atoms with Crippen LogP contribution in [0, 0.1) is 6.92 Å². The third-order valence-corrected chi connectivity index (χ3v) is 4.35. The highest BCUT2D eigenvalue weighted by molar-refractivity contribution is 7.92. The number of hydrogen-bond donors (Lipinski definition) is 2. The predicted octanol–water partition coefficient (Wildman–Crippen LogP) is 1.59. The molecule has 1 aromatic carbocycles. The van der Waals surface area contributed by atoms with Gasteiger partial charge in [0.2, 0.25) is 0 Å². The second-order valence-corrected chi connectivity index (χ2v) is 5.81. The van der Waals surface area contributed by atoms with E-state index in [1.807, 2.05) is 6.92 Å². The van der Waals surface area contributed by atoms with Crippen LogP contribution in [0.5, 0.6) is 0 Å². The molecule has 0 radical (unpaired) electrons. The van der Waals surface area contributed by atoms with Gasteiger partial charge in [-0.3, -0.25) is 9.40 Å². The summed E-state index contributed by atoms with van der Waals surface area (Å²) in [6, 6.07) is 4.81. The quantitative estimate of drug-likeness (QED) is 0.832. The Labute approximate surface area is 112 Å². The molecule has 0 saturated carbocycles. The molecule has 0 aliphatic rings. The molecule has 2 rings (SSSR count). The van der Waals surface area contributed by atoms with Crippen LogP contribution in [0.15, 0.2) is 35.5 Å². The molecule has 0 spiro atoms. The molecule has 6 nitrogen and oxygen atoms in total. The fraction of sp³-hybridized carbons (Fsp3) is 0.250. The van der Waals surface area contributed by atoms with Gasteiger partial charge in [0.1, 0.15) is 0 Å². The zero-order valence-corrected chi connectivity index (χ0v) is 11.6. The maximum absolute atomic E-state index is 12.3. The Morgan fingerprint density at radius 3 is 2.79 bits per heavy atom. The molecule has 0 saturated heterocycles. The largest absolute Gasteiger partial charge is 0.398 e. The van der Waals surface area contributed by atoms with Gasteiger partial charge in [-0.1, -0.05) is 6.07 Å².